The largest absolute Gasteiger partial charge is 0.480 e. The van der Waals surface area contributed by atoms with Crippen molar-refractivity contribution in [1.29, 1.82) is 5.26 Å². The first kappa shape index (κ1) is 28.5. The van der Waals surface area contributed by atoms with Gasteiger partial charge < -0.3 is 30.9 Å². The summed E-state index contributed by atoms with van der Waals surface area (Å²) >= 11 is 0. The highest BCUT2D eigenvalue weighted by Gasteiger charge is 2.21. The molecular weight excluding hydrogens is 534 g/mol. The highest BCUT2D eigenvalue weighted by molar-refractivity contribution is 5.77. The Bertz CT molecular complexity index is 1540. The van der Waals surface area contributed by atoms with Crippen LogP contribution in [0.4, 0.5) is 23.5 Å². The van der Waals surface area contributed by atoms with Crippen LogP contribution in [0.25, 0.3) is 0 Å². The summed E-state index contributed by atoms with van der Waals surface area (Å²) in [5.74, 6) is 0.351. The van der Waals surface area contributed by atoms with Crippen LogP contribution in [0.3, 0.4) is 0 Å². The second-order valence-electron chi connectivity index (χ2n) is 10.0. The summed E-state index contributed by atoms with van der Waals surface area (Å²) in [6.07, 6.45) is 3.72. The van der Waals surface area contributed by atoms with Gasteiger partial charge in [-0.15, -0.1) is 0 Å². The van der Waals surface area contributed by atoms with Crippen LogP contribution in [0.15, 0.2) is 60.9 Å². The molecule has 0 aliphatic carbocycles. The SMILES string of the molecule is Cn1ccnc1CNc1nc(Nc2cccc(CN3CCNCC3)c2)nc(N[C@@H](Cc2ccc(C#N)cc2)C(=O)O)n1. The minimum Gasteiger partial charge on any atom is -0.480 e. The molecule has 0 spiro atoms. The first-order valence-electron chi connectivity index (χ1n) is 13.7. The number of hydrogen-bond acceptors (Lipinski definition) is 11. The van der Waals surface area contributed by atoms with E-state index >= 15 is 0 Å². The van der Waals surface area contributed by atoms with Gasteiger partial charge in [-0.25, -0.2) is 9.78 Å². The van der Waals surface area contributed by atoms with Gasteiger partial charge in [0.25, 0.3) is 0 Å². The molecule has 42 heavy (non-hydrogen) atoms. The molecule has 1 aliphatic rings. The predicted octanol–water partition coefficient (Wildman–Crippen LogP) is 2.35. The maximum Gasteiger partial charge on any atom is 0.326 e. The Balaban J connectivity index is 1.36. The van der Waals surface area contributed by atoms with E-state index in [4.69, 9.17) is 5.26 Å². The van der Waals surface area contributed by atoms with Gasteiger partial charge in [0.05, 0.1) is 18.2 Å². The van der Waals surface area contributed by atoms with Crippen molar-refractivity contribution >= 4 is 29.5 Å². The average molecular weight is 568 g/mol. The molecule has 0 unspecified atom stereocenters. The van der Waals surface area contributed by atoms with E-state index in [1.54, 1.807) is 30.5 Å². The molecule has 0 amide bonds. The number of benzene rings is 2. The molecule has 5 N–H and O–H groups in total. The summed E-state index contributed by atoms with van der Waals surface area (Å²) in [7, 11) is 1.89. The number of rotatable bonds is 12. The number of nitrogens with one attached hydrogen (secondary N) is 4. The van der Waals surface area contributed by atoms with E-state index < -0.39 is 12.0 Å². The van der Waals surface area contributed by atoms with Crippen molar-refractivity contribution in [2.75, 3.05) is 42.1 Å². The van der Waals surface area contributed by atoms with Gasteiger partial charge in [0.15, 0.2) is 0 Å². The highest BCUT2D eigenvalue weighted by atomic mass is 16.4. The van der Waals surface area contributed by atoms with E-state index in [1.165, 1.54) is 0 Å². The lowest BCUT2D eigenvalue weighted by Crippen LogP contribution is -2.42. The third-order valence-electron chi connectivity index (χ3n) is 6.88. The van der Waals surface area contributed by atoms with E-state index in [0.717, 1.165) is 55.4 Å². The van der Waals surface area contributed by atoms with Crippen LogP contribution in [-0.4, -0.2) is 72.7 Å². The van der Waals surface area contributed by atoms with E-state index in [-0.39, 0.29) is 24.3 Å². The van der Waals surface area contributed by atoms with Crippen LogP contribution < -0.4 is 21.3 Å². The Hall–Kier alpha value is -5.06. The molecule has 0 bridgehead atoms. The molecule has 2 aromatic heterocycles. The Morgan fingerprint density at radius 3 is 2.55 bits per heavy atom. The maximum atomic E-state index is 12.2. The molecule has 1 atom stereocenters. The summed E-state index contributed by atoms with van der Waals surface area (Å²) in [5.41, 5.74) is 3.24. The number of carbonyl (C=O) groups is 1. The molecule has 2 aromatic carbocycles. The molecule has 5 rings (SSSR count). The smallest absolute Gasteiger partial charge is 0.326 e. The quantitative estimate of drug-likeness (QED) is 0.170. The fourth-order valence-corrected chi connectivity index (χ4v) is 4.61. The van der Waals surface area contributed by atoms with Crippen LogP contribution in [0, 0.1) is 11.3 Å². The first-order valence-corrected chi connectivity index (χ1v) is 13.7. The van der Waals surface area contributed by atoms with E-state index in [1.807, 2.05) is 29.9 Å². The second-order valence-corrected chi connectivity index (χ2v) is 10.0. The first-order chi connectivity index (χ1) is 20.4. The van der Waals surface area contributed by atoms with Crippen LogP contribution in [0.5, 0.6) is 0 Å². The summed E-state index contributed by atoms with van der Waals surface area (Å²) in [4.78, 5) is 32.4. The number of anilines is 4. The number of carboxylic acids is 1. The topological polar surface area (TPSA) is 169 Å². The van der Waals surface area contributed by atoms with E-state index in [0.29, 0.717) is 12.1 Å². The zero-order valence-corrected chi connectivity index (χ0v) is 23.3. The number of aliphatic carboxylic acids is 1. The molecule has 0 radical (unpaired) electrons. The van der Waals surface area contributed by atoms with Crippen LogP contribution in [-0.2, 0) is 31.4 Å². The third-order valence-corrected chi connectivity index (χ3v) is 6.88. The lowest BCUT2D eigenvalue weighted by Gasteiger charge is -2.27. The Morgan fingerprint density at radius 1 is 1.07 bits per heavy atom. The predicted molar refractivity (Wildman–Crippen MR) is 158 cm³/mol. The van der Waals surface area contributed by atoms with Crippen molar-refractivity contribution in [3.8, 4) is 6.07 Å². The van der Waals surface area contributed by atoms with Crippen molar-refractivity contribution in [2.24, 2.45) is 7.05 Å². The minimum atomic E-state index is -1.06. The zero-order valence-electron chi connectivity index (χ0n) is 23.3. The van der Waals surface area contributed by atoms with E-state index in [2.05, 4.69) is 64.3 Å². The van der Waals surface area contributed by atoms with Gasteiger partial charge in [-0.05, 0) is 35.4 Å². The molecule has 3 heterocycles. The maximum absolute atomic E-state index is 12.2. The number of nitrogens with zero attached hydrogens (tertiary/aromatic N) is 7. The zero-order chi connectivity index (χ0) is 29.3. The molecule has 13 heteroatoms. The van der Waals surface area contributed by atoms with Crippen molar-refractivity contribution in [1.82, 2.24) is 34.7 Å². The van der Waals surface area contributed by atoms with Gasteiger partial charge in [-0.1, -0.05) is 24.3 Å². The Morgan fingerprint density at radius 2 is 1.83 bits per heavy atom. The number of aryl methyl sites for hydroxylation is 1. The van der Waals surface area contributed by atoms with Crippen molar-refractivity contribution < 1.29 is 9.90 Å². The number of imidazole rings is 1. The lowest BCUT2D eigenvalue weighted by atomic mass is 10.0. The van der Waals surface area contributed by atoms with Crippen molar-refractivity contribution in [3.63, 3.8) is 0 Å². The standard InChI is InChI=1S/C29H33N11O2/c1-39-12-11-32-25(39)18-33-27-36-28(34-23-4-2-3-22(15-23)19-40-13-9-31-10-14-40)38-29(37-27)35-24(26(41)42)16-20-5-7-21(17-30)8-6-20/h2-8,11-12,15,24,31H,9-10,13-14,16,18-19H2,1H3,(H,41,42)(H3,33,34,35,36,37,38)/t24-/m0/s1. The molecule has 1 aliphatic heterocycles. The minimum absolute atomic E-state index is 0.104. The summed E-state index contributed by atoms with van der Waals surface area (Å²) < 4.78 is 1.88. The van der Waals surface area contributed by atoms with Gasteiger partial charge in [0, 0.05) is 64.3 Å². The molecule has 1 saturated heterocycles. The molecule has 216 valence electrons. The van der Waals surface area contributed by atoms with Gasteiger partial charge >= 0.3 is 5.97 Å². The fraction of sp³-hybridized carbons (Fsp3) is 0.310. The van der Waals surface area contributed by atoms with Gasteiger partial charge in [-0.3, -0.25) is 4.90 Å². The third kappa shape index (κ3) is 7.78. The Kier molecular flexibility index (Phi) is 9.17. The summed E-state index contributed by atoms with van der Waals surface area (Å²) in [6, 6.07) is 15.9. The van der Waals surface area contributed by atoms with Gasteiger partial charge in [-0.2, -0.15) is 20.2 Å². The van der Waals surface area contributed by atoms with Crippen molar-refractivity contribution in [2.45, 2.75) is 25.6 Å². The monoisotopic (exact) mass is 567 g/mol. The molecule has 0 saturated carbocycles. The highest BCUT2D eigenvalue weighted by Crippen LogP contribution is 2.20. The van der Waals surface area contributed by atoms with Crippen molar-refractivity contribution in [3.05, 3.63) is 83.4 Å². The number of piperazine rings is 1. The van der Waals surface area contributed by atoms with Gasteiger partial charge in [0.1, 0.15) is 11.9 Å². The summed E-state index contributed by atoms with van der Waals surface area (Å²) in [5, 5.41) is 31.8. The number of aromatic nitrogens is 5. The van der Waals surface area contributed by atoms with E-state index in [9.17, 15) is 9.90 Å². The van der Waals surface area contributed by atoms with Crippen LogP contribution in [0.1, 0.15) is 22.5 Å². The number of hydrogen-bond donors (Lipinski definition) is 5. The molecule has 1 fully saturated rings. The van der Waals surface area contributed by atoms with Crippen LogP contribution >= 0.6 is 0 Å². The van der Waals surface area contributed by atoms with Crippen LogP contribution in [0.2, 0.25) is 0 Å². The summed E-state index contributed by atoms with van der Waals surface area (Å²) in [6.45, 7) is 5.16. The average Bonchev–Trinajstić information content (AvgIpc) is 3.41. The second kappa shape index (κ2) is 13.5. The lowest BCUT2D eigenvalue weighted by molar-refractivity contribution is -0.137. The molecule has 4 aromatic rings. The normalized spacial score (nSPS) is 14.1. The number of carboxylic acid groups (broad SMARTS) is 1. The molecule has 13 nitrogen and oxygen atoms in total. The fourth-order valence-electron chi connectivity index (χ4n) is 4.61. The number of nitriles is 1. The Labute approximate surface area is 243 Å². The van der Waals surface area contributed by atoms with Gasteiger partial charge in [0.2, 0.25) is 17.8 Å². The molecular formula is C29H33N11O2.